The third-order valence-electron chi connectivity index (χ3n) is 4.24. The van der Waals surface area contributed by atoms with E-state index >= 15 is 0 Å². The monoisotopic (exact) mass is 355 g/mol. The van der Waals surface area contributed by atoms with Gasteiger partial charge in [0.25, 0.3) is 5.91 Å². The minimum absolute atomic E-state index is 0.121. The molecule has 2 heterocycles. The zero-order valence-electron chi connectivity index (χ0n) is 14.8. The minimum atomic E-state index is -0.460. The number of esters is 1. The number of carbonyl (C=O) groups excluding carboxylic acids is 2. The molecule has 2 aromatic rings. The van der Waals surface area contributed by atoms with Gasteiger partial charge in [-0.15, -0.1) is 0 Å². The topological polar surface area (TPSA) is 87.7 Å². The van der Waals surface area contributed by atoms with Crippen molar-refractivity contribution in [2.24, 2.45) is 0 Å². The van der Waals surface area contributed by atoms with Crippen LogP contribution in [-0.4, -0.2) is 72.0 Å². The van der Waals surface area contributed by atoms with Crippen LogP contribution < -0.4 is 5.32 Å². The van der Waals surface area contributed by atoms with E-state index in [0.29, 0.717) is 30.0 Å². The predicted molar refractivity (Wildman–Crippen MR) is 96.5 cm³/mol. The maximum Gasteiger partial charge on any atom is 0.339 e. The molecule has 0 atom stereocenters. The number of likely N-dealkylation sites (N-methyl/N-ethyl adjacent to an activating group) is 1. The number of anilines is 2. The number of benzene rings is 1. The first-order chi connectivity index (χ1) is 12.6. The predicted octanol–water partition coefficient (Wildman–Crippen LogP) is 1.39. The molecule has 0 radical (unpaired) electrons. The van der Waals surface area contributed by atoms with Gasteiger partial charge >= 0.3 is 5.97 Å². The molecule has 0 bridgehead atoms. The number of ether oxygens (including phenoxy) is 1. The number of piperazine rings is 1. The lowest BCUT2D eigenvalue weighted by atomic mass is 10.2. The molecule has 1 N–H and O–H groups in total. The lowest BCUT2D eigenvalue weighted by Gasteiger charge is -2.32. The van der Waals surface area contributed by atoms with Crippen LogP contribution in [0, 0.1) is 0 Å². The van der Waals surface area contributed by atoms with Crippen LogP contribution in [0.2, 0.25) is 0 Å². The summed E-state index contributed by atoms with van der Waals surface area (Å²) in [6.45, 7) is 3.03. The molecule has 1 fully saturated rings. The zero-order chi connectivity index (χ0) is 18.5. The summed E-state index contributed by atoms with van der Waals surface area (Å²) < 4.78 is 4.78. The third kappa shape index (κ3) is 3.97. The molecule has 1 amide bonds. The summed E-state index contributed by atoms with van der Waals surface area (Å²) in [6.07, 6.45) is 1.53. The molecule has 1 aliphatic rings. The zero-order valence-corrected chi connectivity index (χ0v) is 14.8. The number of carbonyl (C=O) groups is 2. The van der Waals surface area contributed by atoms with Gasteiger partial charge in [-0.3, -0.25) is 4.79 Å². The molecule has 1 aromatic carbocycles. The highest BCUT2D eigenvalue weighted by Gasteiger charge is 2.22. The van der Waals surface area contributed by atoms with E-state index in [4.69, 9.17) is 4.74 Å². The summed E-state index contributed by atoms with van der Waals surface area (Å²) >= 11 is 0. The van der Waals surface area contributed by atoms with Gasteiger partial charge in [-0.1, -0.05) is 12.1 Å². The largest absolute Gasteiger partial charge is 0.465 e. The second kappa shape index (κ2) is 7.92. The van der Waals surface area contributed by atoms with Crippen molar-refractivity contribution in [1.82, 2.24) is 19.8 Å². The van der Waals surface area contributed by atoms with E-state index in [0.717, 1.165) is 13.1 Å². The quantitative estimate of drug-likeness (QED) is 0.829. The summed E-state index contributed by atoms with van der Waals surface area (Å²) in [5.41, 5.74) is 1.21. The Morgan fingerprint density at radius 2 is 1.85 bits per heavy atom. The van der Waals surface area contributed by atoms with Gasteiger partial charge in [-0.2, -0.15) is 0 Å². The highest BCUT2D eigenvalue weighted by Crippen LogP contribution is 2.19. The Hall–Kier alpha value is -3.00. The number of nitrogens with zero attached hydrogens (tertiary/aromatic N) is 4. The van der Waals surface area contributed by atoms with Gasteiger partial charge in [-0.05, 0) is 25.2 Å². The number of aromatic nitrogens is 2. The van der Waals surface area contributed by atoms with Crippen LogP contribution in [0.5, 0.6) is 0 Å². The Labute approximate surface area is 151 Å². The Morgan fingerprint density at radius 1 is 1.12 bits per heavy atom. The molecule has 0 spiro atoms. The second-order valence-electron chi connectivity index (χ2n) is 6.02. The molecular weight excluding hydrogens is 334 g/mol. The van der Waals surface area contributed by atoms with Crippen LogP contribution in [-0.2, 0) is 4.74 Å². The van der Waals surface area contributed by atoms with E-state index in [-0.39, 0.29) is 11.9 Å². The minimum Gasteiger partial charge on any atom is -0.465 e. The molecule has 136 valence electrons. The first-order valence-corrected chi connectivity index (χ1v) is 8.33. The van der Waals surface area contributed by atoms with Gasteiger partial charge in [-0.25, -0.2) is 14.8 Å². The second-order valence-corrected chi connectivity index (χ2v) is 6.02. The van der Waals surface area contributed by atoms with Crippen LogP contribution >= 0.6 is 0 Å². The van der Waals surface area contributed by atoms with E-state index in [1.807, 2.05) is 7.05 Å². The number of para-hydroxylation sites is 1. The van der Waals surface area contributed by atoms with Gasteiger partial charge in [0.2, 0.25) is 5.95 Å². The maximum atomic E-state index is 12.6. The first-order valence-electron chi connectivity index (χ1n) is 8.33. The van der Waals surface area contributed by atoms with Gasteiger partial charge < -0.3 is 19.9 Å². The fourth-order valence-corrected chi connectivity index (χ4v) is 2.71. The van der Waals surface area contributed by atoms with E-state index in [1.54, 1.807) is 35.2 Å². The van der Waals surface area contributed by atoms with Crippen LogP contribution in [0.15, 0.2) is 36.5 Å². The maximum absolute atomic E-state index is 12.6. The SMILES string of the molecule is COC(=O)c1ccccc1Nc1nccc(C(=O)N2CCN(C)CC2)n1. The van der Waals surface area contributed by atoms with Crippen LogP contribution in [0.25, 0.3) is 0 Å². The fourth-order valence-electron chi connectivity index (χ4n) is 2.71. The Morgan fingerprint density at radius 3 is 2.58 bits per heavy atom. The van der Waals surface area contributed by atoms with E-state index in [2.05, 4.69) is 20.2 Å². The van der Waals surface area contributed by atoms with E-state index in [1.165, 1.54) is 13.3 Å². The van der Waals surface area contributed by atoms with Crippen LogP contribution in [0.4, 0.5) is 11.6 Å². The molecule has 8 nitrogen and oxygen atoms in total. The molecule has 1 aromatic heterocycles. The van der Waals surface area contributed by atoms with E-state index in [9.17, 15) is 9.59 Å². The van der Waals surface area contributed by atoms with Crippen molar-refractivity contribution in [2.45, 2.75) is 0 Å². The standard InChI is InChI=1S/C18H21N5O3/c1-22-9-11-23(12-10-22)16(24)15-7-8-19-18(21-15)20-14-6-4-3-5-13(14)17(25)26-2/h3-8H,9-12H2,1-2H3,(H,19,20,21). The number of amides is 1. The van der Waals surface area contributed by atoms with Crippen molar-refractivity contribution in [1.29, 1.82) is 0 Å². The number of nitrogens with one attached hydrogen (secondary N) is 1. The normalized spacial score (nSPS) is 14.8. The lowest BCUT2D eigenvalue weighted by molar-refractivity contribution is 0.0600. The van der Waals surface area contributed by atoms with Gasteiger partial charge in [0.05, 0.1) is 18.4 Å². The summed E-state index contributed by atoms with van der Waals surface area (Å²) in [6, 6.07) is 8.50. The highest BCUT2D eigenvalue weighted by molar-refractivity contribution is 5.96. The molecule has 3 rings (SSSR count). The average Bonchev–Trinajstić information content (AvgIpc) is 2.68. The number of hydrogen-bond donors (Lipinski definition) is 1. The number of hydrogen-bond acceptors (Lipinski definition) is 7. The van der Waals surface area contributed by atoms with Crippen molar-refractivity contribution in [3.8, 4) is 0 Å². The average molecular weight is 355 g/mol. The summed E-state index contributed by atoms with van der Waals surface area (Å²) in [4.78, 5) is 36.9. The highest BCUT2D eigenvalue weighted by atomic mass is 16.5. The fraction of sp³-hybridized carbons (Fsp3) is 0.333. The third-order valence-corrected chi connectivity index (χ3v) is 4.24. The Balaban J connectivity index is 1.78. The molecule has 8 heteroatoms. The molecule has 26 heavy (non-hydrogen) atoms. The van der Waals surface area contributed by atoms with Gasteiger partial charge in [0.1, 0.15) is 5.69 Å². The van der Waals surface area contributed by atoms with Gasteiger partial charge in [0.15, 0.2) is 0 Å². The summed E-state index contributed by atoms with van der Waals surface area (Å²) in [5, 5.41) is 2.99. The summed E-state index contributed by atoms with van der Waals surface area (Å²) in [5.74, 6) is -0.330. The van der Waals surface area contributed by atoms with Crippen molar-refractivity contribution in [3.63, 3.8) is 0 Å². The van der Waals surface area contributed by atoms with Crippen molar-refractivity contribution >= 4 is 23.5 Å². The van der Waals surface area contributed by atoms with Crippen LogP contribution in [0.3, 0.4) is 0 Å². The first kappa shape index (κ1) is 17.8. The molecule has 1 saturated heterocycles. The van der Waals surface area contributed by atoms with Gasteiger partial charge in [0, 0.05) is 32.4 Å². The number of rotatable bonds is 4. The molecule has 0 unspecified atom stereocenters. The van der Waals surface area contributed by atoms with Crippen molar-refractivity contribution < 1.29 is 14.3 Å². The molecule has 1 aliphatic heterocycles. The Kier molecular flexibility index (Phi) is 5.43. The van der Waals surface area contributed by atoms with Crippen molar-refractivity contribution in [3.05, 3.63) is 47.8 Å². The summed E-state index contributed by atoms with van der Waals surface area (Å²) in [7, 11) is 3.36. The smallest absolute Gasteiger partial charge is 0.339 e. The Bertz CT molecular complexity index is 803. The molecule has 0 saturated carbocycles. The lowest BCUT2D eigenvalue weighted by Crippen LogP contribution is -2.47. The molecule has 0 aliphatic carbocycles. The van der Waals surface area contributed by atoms with E-state index < -0.39 is 5.97 Å². The van der Waals surface area contributed by atoms with Crippen LogP contribution in [0.1, 0.15) is 20.8 Å². The molecular formula is C18H21N5O3. The van der Waals surface area contributed by atoms with Crippen molar-refractivity contribution in [2.75, 3.05) is 45.7 Å². The number of methoxy groups -OCH3 is 1.